The first-order chi connectivity index (χ1) is 8.97. The maximum Gasteiger partial charge on any atom is 0.265 e. The molecule has 1 aromatic carbocycles. The third-order valence-corrected chi connectivity index (χ3v) is 2.57. The van der Waals surface area contributed by atoms with E-state index in [0.29, 0.717) is 17.0 Å². The SMILES string of the molecule is CC1Oc2ccc(C(=O)C#CN(C)C)cc2NC1=O. The maximum absolute atomic E-state index is 11.8. The second-order valence-electron chi connectivity index (χ2n) is 4.42. The summed E-state index contributed by atoms with van der Waals surface area (Å²) in [6.07, 6.45) is -0.525. The predicted octanol–water partition coefficient (Wildman–Crippen LogP) is 1.11. The first-order valence-electron chi connectivity index (χ1n) is 5.82. The van der Waals surface area contributed by atoms with Gasteiger partial charge in [-0.1, -0.05) is 0 Å². The van der Waals surface area contributed by atoms with Crippen molar-refractivity contribution in [3.8, 4) is 17.7 Å². The minimum atomic E-state index is -0.525. The summed E-state index contributed by atoms with van der Waals surface area (Å²) in [4.78, 5) is 24.9. The summed E-state index contributed by atoms with van der Waals surface area (Å²) >= 11 is 0. The Bertz CT molecular complexity index is 596. The average molecular weight is 258 g/mol. The van der Waals surface area contributed by atoms with Crippen molar-refractivity contribution in [1.82, 2.24) is 4.90 Å². The monoisotopic (exact) mass is 258 g/mol. The molecule has 1 unspecified atom stereocenters. The van der Waals surface area contributed by atoms with Gasteiger partial charge in [0.05, 0.1) is 5.69 Å². The molecule has 19 heavy (non-hydrogen) atoms. The summed E-state index contributed by atoms with van der Waals surface area (Å²) in [6, 6.07) is 7.53. The van der Waals surface area contributed by atoms with Crippen LogP contribution in [0.15, 0.2) is 18.2 Å². The highest BCUT2D eigenvalue weighted by molar-refractivity contribution is 6.10. The number of carbonyl (C=O) groups is 2. The van der Waals surface area contributed by atoms with Gasteiger partial charge >= 0.3 is 0 Å². The number of benzene rings is 1. The smallest absolute Gasteiger partial charge is 0.265 e. The first-order valence-corrected chi connectivity index (χ1v) is 5.82. The number of hydrogen-bond donors (Lipinski definition) is 1. The third-order valence-electron chi connectivity index (χ3n) is 2.57. The van der Waals surface area contributed by atoms with Crippen LogP contribution in [-0.4, -0.2) is 36.8 Å². The van der Waals surface area contributed by atoms with Gasteiger partial charge in [0.25, 0.3) is 5.91 Å². The van der Waals surface area contributed by atoms with Crippen molar-refractivity contribution >= 4 is 17.4 Å². The van der Waals surface area contributed by atoms with E-state index in [1.165, 1.54) is 0 Å². The molecule has 5 heteroatoms. The lowest BCUT2D eigenvalue weighted by molar-refractivity contribution is -0.122. The molecule has 1 atom stereocenters. The standard InChI is InChI=1S/C14H14N2O3/c1-9-14(18)15-11-8-10(4-5-13(11)19-9)12(17)6-7-16(2)3/h4-5,8-9H,1-3H3,(H,15,18). The van der Waals surface area contributed by atoms with Gasteiger partial charge in [0.15, 0.2) is 6.10 Å². The van der Waals surface area contributed by atoms with E-state index < -0.39 is 6.10 Å². The summed E-state index contributed by atoms with van der Waals surface area (Å²) in [7, 11) is 3.51. The molecule has 0 aliphatic carbocycles. The number of ether oxygens (including phenoxy) is 1. The van der Waals surface area contributed by atoms with Crippen LogP contribution < -0.4 is 10.1 Å². The van der Waals surface area contributed by atoms with E-state index in [9.17, 15) is 9.59 Å². The van der Waals surface area contributed by atoms with Crippen LogP contribution in [-0.2, 0) is 4.79 Å². The van der Waals surface area contributed by atoms with Crippen LogP contribution in [0.2, 0.25) is 0 Å². The highest BCUT2D eigenvalue weighted by atomic mass is 16.5. The summed E-state index contributed by atoms with van der Waals surface area (Å²) < 4.78 is 5.41. The molecule has 1 N–H and O–H groups in total. The van der Waals surface area contributed by atoms with E-state index in [4.69, 9.17) is 4.74 Å². The molecule has 0 radical (unpaired) electrons. The second kappa shape index (κ2) is 5.02. The quantitative estimate of drug-likeness (QED) is 0.466. The number of nitrogens with zero attached hydrogens (tertiary/aromatic N) is 1. The highest BCUT2D eigenvalue weighted by Crippen LogP contribution is 2.30. The number of hydrogen-bond acceptors (Lipinski definition) is 4. The van der Waals surface area contributed by atoms with Crippen LogP contribution >= 0.6 is 0 Å². The van der Waals surface area contributed by atoms with Gasteiger partial charge in [0.1, 0.15) is 5.75 Å². The van der Waals surface area contributed by atoms with E-state index in [-0.39, 0.29) is 11.7 Å². The van der Waals surface area contributed by atoms with Gasteiger partial charge in [0.2, 0.25) is 5.78 Å². The van der Waals surface area contributed by atoms with Crippen molar-refractivity contribution in [2.45, 2.75) is 13.0 Å². The average Bonchev–Trinajstić information content (AvgIpc) is 2.36. The number of fused-ring (bicyclic) bond motifs is 1. The number of amides is 1. The van der Waals surface area contributed by atoms with Crippen molar-refractivity contribution < 1.29 is 14.3 Å². The van der Waals surface area contributed by atoms with Crippen molar-refractivity contribution in [2.24, 2.45) is 0 Å². The van der Waals surface area contributed by atoms with E-state index >= 15 is 0 Å². The fourth-order valence-electron chi connectivity index (χ4n) is 1.58. The molecule has 0 saturated heterocycles. The Morgan fingerprint density at radius 2 is 2.16 bits per heavy atom. The van der Waals surface area contributed by atoms with Gasteiger partial charge in [-0.3, -0.25) is 9.59 Å². The van der Waals surface area contributed by atoms with Gasteiger partial charge in [-0.25, -0.2) is 0 Å². The number of rotatable bonds is 1. The zero-order chi connectivity index (χ0) is 14.0. The van der Waals surface area contributed by atoms with Crippen LogP contribution in [0.3, 0.4) is 0 Å². The van der Waals surface area contributed by atoms with Gasteiger partial charge in [0, 0.05) is 25.7 Å². The number of anilines is 1. The molecular formula is C14H14N2O3. The molecule has 0 spiro atoms. The molecule has 98 valence electrons. The van der Waals surface area contributed by atoms with Crippen LogP contribution in [0, 0.1) is 12.0 Å². The largest absolute Gasteiger partial charge is 0.479 e. The lowest BCUT2D eigenvalue weighted by Gasteiger charge is -2.23. The minimum absolute atomic E-state index is 0.225. The number of Topliss-reactive ketones (excluding diaryl/α,β-unsaturated/α-hetero) is 1. The van der Waals surface area contributed by atoms with Gasteiger partial charge in [-0.2, -0.15) is 0 Å². The summed E-state index contributed by atoms with van der Waals surface area (Å²) in [5.41, 5.74) is 0.923. The number of nitrogens with one attached hydrogen (secondary N) is 1. The predicted molar refractivity (Wildman–Crippen MR) is 71.0 cm³/mol. The molecule has 1 aliphatic rings. The number of carbonyl (C=O) groups excluding carboxylic acids is 2. The molecule has 1 heterocycles. The lowest BCUT2D eigenvalue weighted by Crippen LogP contribution is -2.34. The van der Waals surface area contributed by atoms with E-state index in [1.807, 2.05) is 0 Å². The van der Waals surface area contributed by atoms with Gasteiger partial charge < -0.3 is 15.0 Å². The van der Waals surface area contributed by atoms with Crippen LogP contribution in [0.5, 0.6) is 5.75 Å². The van der Waals surface area contributed by atoms with Gasteiger partial charge in [-0.15, -0.1) is 0 Å². The zero-order valence-corrected chi connectivity index (χ0v) is 11.0. The number of ketones is 1. The fraction of sp³-hybridized carbons (Fsp3) is 0.286. The molecular weight excluding hydrogens is 244 g/mol. The van der Waals surface area contributed by atoms with Gasteiger partial charge in [-0.05, 0) is 31.0 Å². The molecule has 2 rings (SSSR count). The summed E-state index contributed by atoms with van der Waals surface area (Å²) in [5, 5.41) is 2.70. The van der Waals surface area contributed by atoms with E-state index in [2.05, 4.69) is 17.3 Å². The van der Waals surface area contributed by atoms with Crippen molar-refractivity contribution in [1.29, 1.82) is 0 Å². The molecule has 5 nitrogen and oxygen atoms in total. The topological polar surface area (TPSA) is 58.6 Å². The Morgan fingerprint density at radius 1 is 1.42 bits per heavy atom. The normalized spacial score (nSPS) is 16.4. The lowest BCUT2D eigenvalue weighted by atomic mass is 10.1. The Kier molecular flexibility index (Phi) is 3.43. The molecule has 0 aromatic heterocycles. The first kappa shape index (κ1) is 13.0. The Morgan fingerprint density at radius 3 is 2.84 bits per heavy atom. The Hall–Kier alpha value is -2.48. The molecule has 0 saturated carbocycles. The highest BCUT2D eigenvalue weighted by Gasteiger charge is 2.23. The van der Waals surface area contributed by atoms with E-state index in [0.717, 1.165) is 0 Å². The van der Waals surface area contributed by atoms with Crippen LogP contribution in [0.25, 0.3) is 0 Å². The minimum Gasteiger partial charge on any atom is -0.479 e. The van der Waals surface area contributed by atoms with Crippen molar-refractivity contribution in [3.05, 3.63) is 23.8 Å². The third kappa shape index (κ3) is 2.86. The van der Waals surface area contributed by atoms with Crippen LogP contribution in [0.4, 0.5) is 5.69 Å². The van der Waals surface area contributed by atoms with Crippen molar-refractivity contribution in [3.63, 3.8) is 0 Å². The molecule has 0 bridgehead atoms. The van der Waals surface area contributed by atoms with Crippen LogP contribution in [0.1, 0.15) is 17.3 Å². The molecule has 1 amide bonds. The Balaban J connectivity index is 2.28. The fourth-order valence-corrected chi connectivity index (χ4v) is 1.58. The molecule has 0 fully saturated rings. The maximum atomic E-state index is 11.8. The summed E-state index contributed by atoms with van der Waals surface area (Å²) in [6.45, 7) is 1.67. The Labute approximate surface area is 111 Å². The van der Waals surface area contributed by atoms with Crippen molar-refractivity contribution in [2.75, 3.05) is 19.4 Å². The molecule has 1 aromatic rings. The zero-order valence-electron chi connectivity index (χ0n) is 11.0. The second-order valence-corrected chi connectivity index (χ2v) is 4.42. The van der Waals surface area contributed by atoms with E-state index in [1.54, 1.807) is 44.1 Å². The molecule has 1 aliphatic heterocycles. The summed E-state index contributed by atoms with van der Waals surface area (Å²) in [5.74, 6) is 2.54.